The lowest BCUT2D eigenvalue weighted by Gasteiger charge is -2.14. The fourth-order valence-corrected chi connectivity index (χ4v) is 2.98. The van der Waals surface area contributed by atoms with Crippen molar-refractivity contribution in [2.45, 2.75) is 25.1 Å². The third-order valence-electron chi connectivity index (χ3n) is 4.27. The molecule has 29 heavy (non-hydrogen) atoms. The minimum Gasteiger partial charge on any atom is -0.376 e. The molecule has 1 heterocycles. The number of ether oxygens (including phenoxy) is 1. The zero-order valence-electron chi connectivity index (χ0n) is 15.3. The number of nitrogens with zero attached hydrogens (tertiary/aromatic N) is 1. The molecule has 5 nitrogen and oxygen atoms in total. The van der Waals surface area contributed by atoms with E-state index in [1.807, 2.05) is 0 Å². The lowest BCUT2D eigenvalue weighted by atomic mass is 10.1. The summed E-state index contributed by atoms with van der Waals surface area (Å²) in [5, 5.41) is 6.08. The Morgan fingerprint density at radius 3 is 2.59 bits per heavy atom. The van der Waals surface area contributed by atoms with Crippen molar-refractivity contribution >= 4 is 29.2 Å². The number of rotatable bonds is 4. The number of carbonyl (C=O) groups excluding carboxylic acids is 1. The summed E-state index contributed by atoms with van der Waals surface area (Å²) in [5.74, 6) is -0.424. The van der Waals surface area contributed by atoms with Crippen LogP contribution in [-0.2, 0) is 10.9 Å². The monoisotopic (exact) mass is 425 g/mol. The highest BCUT2D eigenvalue weighted by Gasteiger charge is 2.30. The molecule has 0 saturated carbocycles. The number of guanidine groups is 1. The van der Waals surface area contributed by atoms with Gasteiger partial charge in [0, 0.05) is 22.9 Å². The van der Waals surface area contributed by atoms with Crippen molar-refractivity contribution in [2.24, 2.45) is 4.99 Å². The highest BCUT2D eigenvalue weighted by molar-refractivity contribution is 6.31. The van der Waals surface area contributed by atoms with Crippen LogP contribution >= 0.6 is 11.6 Å². The third-order valence-corrected chi connectivity index (χ3v) is 4.51. The minimum atomic E-state index is -4.46. The van der Waals surface area contributed by atoms with Crippen molar-refractivity contribution in [2.75, 3.05) is 18.5 Å². The van der Waals surface area contributed by atoms with E-state index in [4.69, 9.17) is 16.3 Å². The molecule has 3 rings (SSSR count). The number of benzene rings is 2. The van der Waals surface area contributed by atoms with Crippen molar-refractivity contribution in [1.29, 1.82) is 0 Å². The molecule has 2 aromatic carbocycles. The Hall–Kier alpha value is -2.58. The van der Waals surface area contributed by atoms with Crippen LogP contribution < -0.4 is 10.6 Å². The predicted octanol–water partition coefficient (Wildman–Crippen LogP) is 4.74. The zero-order chi connectivity index (χ0) is 20.9. The average Bonchev–Trinajstić information content (AvgIpc) is 3.19. The first-order chi connectivity index (χ1) is 13.8. The molecule has 1 saturated heterocycles. The number of nitrogens with one attached hydrogen (secondary N) is 2. The first-order valence-electron chi connectivity index (χ1n) is 8.98. The van der Waals surface area contributed by atoms with Crippen LogP contribution in [0.5, 0.6) is 0 Å². The summed E-state index contributed by atoms with van der Waals surface area (Å²) in [6.45, 7) is 1.02. The van der Waals surface area contributed by atoms with Crippen molar-refractivity contribution in [1.82, 2.24) is 5.32 Å². The lowest BCUT2D eigenvalue weighted by molar-refractivity contribution is -0.137. The summed E-state index contributed by atoms with van der Waals surface area (Å²) >= 11 is 5.98. The molecule has 1 atom stereocenters. The Labute approximate surface area is 170 Å². The highest BCUT2D eigenvalue weighted by Crippen LogP contribution is 2.29. The number of aliphatic imine (C=N–C) groups is 1. The van der Waals surface area contributed by atoms with Crippen LogP contribution in [0.3, 0.4) is 0 Å². The Morgan fingerprint density at radius 2 is 1.97 bits per heavy atom. The molecular weight excluding hydrogens is 407 g/mol. The first-order valence-corrected chi connectivity index (χ1v) is 9.36. The zero-order valence-corrected chi connectivity index (χ0v) is 16.1. The minimum absolute atomic E-state index is 0.0332. The van der Waals surface area contributed by atoms with Gasteiger partial charge >= 0.3 is 6.18 Å². The van der Waals surface area contributed by atoms with Gasteiger partial charge in [0.05, 0.1) is 18.2 Å². The Kier molecular flexibility index (Phi) is 6.76. The fraction of sp³-hybridized carbons (Fsp3) is 0.300. The van der Waals surface area contributed by atoms with E-state index in [0.29, 0.717) is 23.9 Å². The van der Waals surface area contributed by atoms with E-state index in [1.165, 1.54) is 0 Å². The van der Waals surface area contributed by atoms with Gasteiger partial charge in [-0.3, -0.25) is 10.1 Å². The van der Waals surface area contributed by atoms with E-state index < -0.39 is 17.6 Å². The van der Waals surface area contributed by atoms with E-state index in [1.54, 1.807) is 24.3 Å². The first kappa shape index (κ1) is 21.1. The largest absolute Gasteiger partial charge is 0.416 e. The summed E-state index contributed by atoms with van der Waals surface area (Å²) in [6.07, 6.45) is -2.67. The smallest absolute Gasteiger partial charge is 0.376 e. The topological polar surface area (TPSA) is 62.7 Å². The molecule has 1 amide bonds. The van der Waals surface area contributed by atoms with Gasteiger partial charge in [-0.2, -0.15) is 13.2 Å². The van der Waals surface area contributed by atoms with Gasteiger partial charge in [0.15, 0.2) is 0 Å². The van der Waals surface area contributed by atoms with Crippen molar-refractivity contribution < 1.29 is 22.7 Å². The van der Waals surface area contributed by atoms with E-state index in [2.05, 4.69) is 15.6 Å². The Morgan fingerprint density at radius 1 is 1.21 bits per heavy atom. The van der Waals surface area contributed by atoms with Gasteiger partial charge in [-0.05, 0) is 55.3 Å². The van der Waals surface area contributed by atoms with Crippen LogP contribution in [0, 0.1) is 0 Å². The molecule has 0 bridgehead atoms. The maximum atomic E-state index is 12.7. The van der Waals surface area contributed by atoms with Crippen LogP contribution in [0.1, 0.15) is 28.8 Å². The number of anilines is 1. The van der Waals surface area contributed by atoms with Crippen molar-refractivity contribution in [3.05, 3.63) is 64.7 Å². The molecule has 0 spiro atoms. The number of hydrogen-bond acceptors (Lipinski definition) is 3. The predicted molar refractivity (Wildman–Crippen MR) is 105 cm³/mol. The second-order valence-corrected chi connectivity index (χ2v) is 6.93. The standard InChI is InChI=1S/C20H19ClF3N3O2/c21-15-3-1-4-16(11-15)26-19(25-12-17-5-2-10-29-17)27-18(28)13-6-8-14(9-7-13)20(22,23)24/h1,3-4,6-9,11,17H,2,5,10,12H2,(H2,25,26,27,28). The number of alkyl halides is 3. The van der Waals surface area contributed by atoms with Crippen LogP contribution in [0.2, 0.25) is 5.02 Å². The maximum absolute atomic E-state index is 12.7. The SMILES string of the molecule is O=C(NC(=NCC1CCCO1)Nc1cccc(Cl)c1)c1ccc(C(F)(F)F)cc1. The number of hydrogen-bond donors (Lipinski definition) is 2. The molecule has 1 fully saturated rings. The number of amides is 1. The summed E-state index contributed by atoms with van der Waals surface area (Å²) in [5.41, 5.74) is -0.134. The number of halogens is 4. The molecule has 0 aromatic heterocycles. The van der Waals surface area contributed by atoms with Gasteiger partial charge in [0.1, 0.15) is 0 Å². The molecule has 154 valence electrons. The van der Waals surface area contributed by atoms with Crippen LogP contribution in [-0.4, -0.2) is 31.1 Å². The normalized spacial score (nSPS) is 17.2. The van der Waals surface area contributed by atoms with Gasteiger partial charge < -0.3 is 10.1 Å². The average molecular weight is 426 g/mol. The van der Waals surface area contributed by atoms with Gasteiger partial charge in [-0.15, -0.1) is 0 Å². The Balaban J connectivity index is 1.74. The molecule has 0 aliphatic carbocycles. The van der Waals surface area contributed by atoms with Gasteiger partial charge in [-0.25, -0.2) is 4.99 Å². The highest BCUT2D eigenvalue weighted by atomic mass is 35.5. The molecule has 1 unspecified atom stereocenters. The molecule has 1 aliphatic heterocycles. The van der Waals surface area contributed by atoms with Crippen molar-refractivity contribution in [3.63, 3.8) is 0 Å². The summed E-state index contributed by atoms with van der Waals surface area (Å²) in [6, 6.07) is 10.8. The molecule has 2 aromatic rings. The van der Waals surface area contributed by atoms with Gasteiger partial charge in [0.2, 0.25) is 5.96 Å². The van der Waals surface area contributed by atoms with Crippen LogP contribution in [0.25, 0.3) is 0 Å². The fourth-order valence-electron chi connectivity index (χ4n) is 2.78. The van der Waals surface area contributed by atoms with E-state index >= 15 is 0 Å². The summed E-state index contributed by atoms with van der Waals surface area (Å²) < 4.78 is 43.6. The van der Waals surface area contributed by atoms with Crippen LogP contribution in [0.4, 0.5) is 18.9 Å². The quantitative estimate of drug-likeness (QED) is 0.549. The van der Waals surface area contributed by atoms with Crippen LogP contribution in [0.15, 0.2) is 53.5 Å². The summed E-state index contributed by atoms with van der Waals surface area (Å²) in [4.78, 5) is 16.9. The van der Waals surface area contributed by atoms with Gasteiger partial charge in [-0.1, -0.05) is 17.7 Å². The second-order valence-electron chi connectivity index (χ2n) is 6.49. The van der Waals surface area contributed by atoms with E-state index in [-0.39, 0.29) is 17.6 Å². The molecule has 1 aliphatic rings. The molecule has 0 radical (unpaired) electrons. The summed E-state index contributed by atoms with van der Waals surface area (Å²) in [7, 11) is 0. The lowest BCUT2D eigenvalue weighted by Crippen LogP contribution is -2.36. The molecular formula is C20H19ClF3N3O2. The van der Waals surface area contributed by atoms with E-state index in [9.17, 15) is 18.0 Å². The van der Waals surface area contributed by atoms with Gasteiger partial charge in [0.25, 0.3) is 5.91 Å². The third kappa shape index (κ3) is 6.20. The van der Waals surface area contributed by atoms with Crippen molar-refractivity contribution in [3.8, 4) is 0 Å². The second kappa shape index (κ2) is 9.28. The van der Waals surface area contributed by atoms with E-state index in [0.717, 1.165) is 37.1 Å². The Bertz CT molecular complexity index is 879. The maximum Gasteiger partial charge on any atom is 0.416 e. The molecule has 9 heteroatoms. The molecule has 2 N–H and O–H groups in total. The number of carbonyl (C=O) groups is 1.